The van der Waals surface area contributed by atoms with Gasteiger partial charge in [0, 0.05) is 119 Å². The number of hydrogen-bond donors (Lipinski definition) is 0. The molecule has 0 fully saturated rings. The third kappa shape index (κ3) is 15.1. The normalized spacial score (nSPS) is 15.2. The lowest BCUT2D eigenvalue weighted by atomic mass is 9.64. The van der Waals surface area contributed by atoms with Gasteiger partial charge in [-0.2, -0.15) is 0 Å². The van der Waals surface area contributed by atoms with E-state index in [-0.39, 0.29) is 50.1 Å². The maximum absolute atomic E-state index is 14.5. The molecule has 12 nitrogen and oxygen atoms in total. The van der Waals surface area contributed by atoms with Crippen molar-refractivity contribution in [2.45, 2.75) is 237 Å². The van der Waals surface area contributed by atoms with Crippen LogP contribution in [0.1, 0.15) is 261 Å². The zero-order chi connectivity index (χ0) is 66.8. The number of carbonyl (C=O) groups is 4. The highest BCUT2D eigenvalue weighted by molar-refractivity contribution is 5.80. The summed E-state index contributed by atoms with van der Waals surface area (Å²) in [6, 6.07) is 18.1. The number of ether oxygens (including phenoxy) is 4. The number of nitrogens with zero attached hydrogens (tertiary/aromatic N) is 4. The molecule has 488 valence electrons. The summed E-state index contributed by atoms with van der Waals surface area (Å²) < 4.78 is 29.4. The molecular weight excluding hydrogens is 1100 g/mol. The summed E-state index contributed by atoms with van der Waals surface area (Å²) in [6.07, 6.45) is 0. The Morgan fingerprint density at radius 1 is 0.284 bits per heavy atom. The van der Waals surface area contributed by atoms with Gasteiger partial charge in [-0.25, -0.2) is 0 Å². The van der Waals surface area contributed by atoms with Gasteiger partial charge in [-0.3, -0.25) is 19.2 Å². The van der Waals surface area contributed by atoms with Crippen molar-refractivity contribution >= 4 is 23.6 Å². The van der Waals surface area contributed by atoms with E-state index in [0.717, 1.165) is 66.8 Å². The number of benzene rings is 4. The number of hydrogen-bond acceptors (Lipinski definition) is 8. The summed E-state index contributed by atoms with van der Waals surface area (Å²) in [5.74, 6) is 1.69. The molecule has 0 spiro atoms. The summed E-state index contributed by atoms with van der Waals surface area (Å²) >= 11 is 0. The molecule has 0 saturated carbocycles. The minimum absolute atomic E-state index is 0.137. The van der Waals surface area contributed by atoms with Gasteiger partial charge in [0.25, 0.3) is 23.6 Å². The molecule has 5 rings (SSSR count). The number of fused-ring (bicyclic) bond motifs is 8. The van der Waals surface area contributed by atoms with Gasteiger partial charge in [-0.05, 0) is 99.3 Å². The average molecular weight is 1210 g/mol. The number of rotatable bonds is 20. The smallest absolute Gasteiger partial charge is 0.260 e. The molecule has 1 aliphatic rings. The first-order valence-corrected chi connectivity index (χ1v) is 32.9. The van der Waals surface area contributed by atoms with E-state index in [1.807, 2.05) is 55.4 Å². The van der Waals surface area contributed by atoms with E-state index in [2.05, 4.69) is 187 Å². The number of likely N-dealkylation sites (N-methyl/N-ethyl adjacent to an activating group) is 4. The van der Waals surface area contributed by atoms with Crippen LogP contribution in [0.4, 0.5) is 0 Å². The van der Waals surface area contributed by atoms with Crippen LogP contribution in [-0.2, 0) is 62.5 Å². The molecule has 0 aromatic heterocycles. The van der Waals surface area contributed by atoms with Crippen molar-refractivity contribution in [3.63, 3.8) is 0 Å². The first kappa shape index (κ1) is 72.7. The maximum atomic E-state index is 14.5. The molecule has 0 unspecified atom stereocenters. The van der Waals surface area contributed by atoms with Crippen LogP contribution in [0.3, 0.4) is 0 Å². The maximum Gasteiger partial charge on any atom is 0.260 e. The standard InChI is InChI=1S/C76H116N4O8/c1-29-77(30-2)61(81)45-85-65-53-37-49(69(9,10)11)38-54(65)74(23,24)56-40-51(71(15,16)17)42-58(67(56)87-47-63(83)79(33-5)34-6)76(27,28)60-44-52(72(18,19)20)43-59(68(60)88-48-64(84)80(35-7)36-8)75(25,26)57-41-50(70(12,13)14)39-55(73(53,21)22)66(57)86-46-62(82)78(31-3)32-4/h37-44H,29-36,45-48H2,1-28H3. The highest BCUT2D eigenvalue weighted by atomic mass is 16.5. The van der Waals surface area contributed by atoms with Crippen LogP contribution in [0.2, 0.25) is 0 Å². The fourth-order valence-corrected chi connectivity index (χ4v) is 12.4. The fourth-order valence-electron chi connectivity index (χ4n) is 12.4. The molecule has 8 bridgehead atoms. The Hall–Kier alpha value is -6.04. The van der Waals surface area contributed by atoms with Crippen molar-refractivity contribution in [1.82, 2.24) is 19.6 Å². The van der Waals surface area contributed by atoms with Crippen molar-refractivity contribution < 1.29 is 38.1 Å². The van der Waals surface area contributed by atoms with E-state index >= 15 is 0 Å². The Kier molecular flexibility index (Phi) is 22.5. The number of amides is 4. The van der Waals surface area contributed by atoms with Gasteiger partial charge in [0.15, 0.2) is 26.4 Å². The molecule has 0 heterocycles. The highest BCUT2D eigenvalue weighted by Crippen LogP contribution is 2.57. The molecule has 0 N–H and O–H groups in total. The Balaban J connectivity index is 2.32. The van der Waals surface area contributed by atoms with E-state index in [0.29, 0.717) is 75.4 Å². The van der Waals surface area contributed by atoms with Crippen LogP contribution in [0, 0.1) is 0 Å². The summed E-state index contributed by atoms with van der Waals surface area (Å²) in [6.45, 7) is 63.6. The van der Waals surface area contributed by atoms with Gasteiger partial charge in [-0.15, -0.1) is 0 Å². The van der Waals surface area contributed by atoms with E-state index in [1.165, 1.54) is 0 Å². The van der Waals surface area contributed by atoms with E-state index in [1.54, 1.807) is 19.6 Å². The molecule has 4 aromatic rings. The van der Waals surface area contributed by atoms with Gasteiger partial charge >= 0.3 is 0 Å². The lowest BCUT2D eigenvalue weighted by Gasteiger charge is -2.42. The third-order valence-corrected chi connectivity index (χ3v) is 19.0. The van der Waals surface area contributed by atoms with Crippen LogP contribution in [0.15, 0.2) is 48.5 Å². The minimum Gasteiger partial charge on any atom is -0.483 e. The van der Waals surface area contributed by atoms with E-state index < -0.39 is 43.3 Å². The minimum atomic E-state index is -1.000. The first-order chi connectivity index (χ1) is 40.5. The second kappa shape index (κ2) is 27.2. The van der Waals surface area contributed by atoms with Gasteiger partial charge in [0.2, 0.25) is 0 Å². The second-order valence-corrected chi connectivity index (χ2v) is 30.5. The Bertz CT molecular complexity index is 2620. The lowest BCUT2D eigenvalue weighted by molar-refractivity contribution is -0.133. The van der Waals surface area contributed by atoms with Gasteiger partial charge < -0.3 is 38.5 Å². The zero-order valence-corrected chi connectivity index (χ0v) is 60.2. The Morgan fingerprint density at radius 2 is 0.409 bits per heavy atom. The summed E-state index contributed by atoms with van der Waals surface area (Å²) in [7, 11) is 0. The molecule has 4 amide bonds. The molecule has 0 radical (unpaired) electrons. The molecule has 12 heteroatoms. The van der Waals surface area contributed by atoms with Crippen LogP contribution in [-0.4, -0.2) is 122 Å². The average Bonchev–Trinajstić information content (AvgIpc) is 0.826. The molecule has 0 atom stereocenters. The Morgan fingerprint density at radius 3 is 0.511 bits per heavy atom. The Labute approximate surface area is 533 Å². The van der Waals surface area contributed by atoms with Crippen molar-refractivity contribution in [2.24, 2.45) is 0 Å². The van der Waals surface area contributed by atoms with Crippen molar-refractivity contribution in [2.75, 3.05) is 78.8 Å². The predicted octanol–water partition coefficient (Wildman–Crippen LogP) is 15.5. The molecule has 1 aliphatic carbocycles. The van der Waals surface area contributed by atoms with Crippen LogP contribution < -0.4 is 18.9 Å². The zero-order valence-electron chi connectivity index (χ0n) is 60.2. The topological polar surface area (TPSA) is 118 Å². The lowest BCUT2D eigenvalue weighted by Crippen LogP contribution is -2.37. The van der Waals surface area contributed by atoms with E-state index in [4.69, 9.17) is 18.9 Å². The fraction of sp³-hybridized carbons (Fsp3) is 0.632. The highest BCUT2D eigenvalue weighted by Gasteiger charge is 2.46. The SMILES string of the molecule is CCN(CC)C(=O)COc1c2cc(C(C)(C)C)cc1C(C)(C)c1cc(C(C)(C)C)cc(c1OCC(=O)N(CC)CC)C(C)(C)c1cc(C(C)(C)C)cc(c1OCC(=O)N(CC)CC)C(C)(C)c1cc(C(C)(C)C)cc(c1OCC(=O)N(CC)CC)C2(C)C. The van der Waals surface area contributed by atoms with Crippen molar-refractivity contribution in [1.29, 1.82) is 0 Å². The van der Waals surface area contributed by atoms with Gasteiger partial charge in [0.05, 0.1) is 0 Å². The monoisotopic (exact) mass is 1210 g/mol. The van der Waals surface area contributed by atoms with Crippen LogP contribution in [0.25, 0.3) is 0 Å². The quantitative estimate of drug-likeness (QED) is 0.0859. The van der Waals surface area contributed by atoms with Gasteiger partial charge in [-0.1, -0.05) is 187 Å². The number of carbonyl (C=O) groups excluding carboxylic acids is 4. The van der Waals surface area contributed by atoms with Crippen LogP contribution in [0.5, 0.6) is 23.0 Å². The molecule has 4 aromatic carbocycles. The molecule has 88 heavy (non-hydrogen) atoms. The molecule has 0 aliphatic heterocycles. The van der Waals surface area contributed by atoms with Crippen LogP contribution >= 0.6 is 0 Å². The summed E-state index contributed by atoms with van der Waals surface area (Å²) in [5.41, 5.74) is 5.22. The summed E-state index contributed by atoms with van der Waals surface area (Å²) in [4.78, 5) is 65.4. The first-order valence-electron chi connectivity index (χ1n) is 32.9. The largest absolute Gasteiger partial charge is 0.483 e. The molecule has 0 saturated heterocycles. The predicted molar refractivity (Wildman–Crippen MR) is 363 cm³/mol. The van der Waals surface area contributed by atoms with Crippen molar-refractivity contribution in [3.05, 3.63) is 115 Å². The van der Waals surface area contributed by atoms with Crippen molar-refractivity contribution in [3.8, 4) is 23.0 Å². The third-order valence-electron chi connectivity index (χ3n) is 19.0. The molecular formula is C76H116N4O8. The van der Waals surface area contributed by atoms with E-state index in [9.17, 15) is 19.2 Å². The summed E-state index contributed by atoms with van der Waals surface area (Å²) in [5, 5.41) is 0. The second-order valence-electron chi connectivity index (χ2n) is 30.5. The van der Waals surface area contributed by atoms with Gasteiger partial charge in [0.1, 0.15) is 23.0 Å².